The predicted molar refractivity (Wildman–Crippen MR) is 161 cm³/mol. The summed E-state index contributed by atoms with van der Waals surface area (Å²) >= 11 is 8.13. The second-order valence-electron chi connectivity index (χ2n) is 9.78. The van der Waals surface area contributed by atoms with E-state index in [4.69, 9.17) is 17.0 Å². The molecule has 0 saturated carbocycles. The summed E-state index contributed by atoms with van der Waals surface area (Å²) in [6, 6.07) is 19.5. The van der Waals surface area contributed by atoms with Crippen molar-refractivity contribution in [3.05, 3.63) is 70.6 Å². The molecule has 39 heavy (non-hydrogen) atoms. The Morgan fingerprint density at radius 3 is 2.54 bits per heavy atom. The number of carbonyl (C=O) groups is 2. The molecular weight excluding hydrogens is 551 g/mol. The first-order valence-corrected chi connectivity index (χ1v) is 14.5. The van der Waals surface area contributed by atoms with Gasteiger partial charge in [-0.3, -0.25) is 4.79 Å². The number of benzene rings is 2. The molecule has 0 aliphatic carbocycles. The zero-order chi connectivity index (χ0) is 28.0. The van der Waals surface area contributed by atoms with Crippen molar-refractivity contribution in [2.24, 2.45) is 0 Å². The molecule has 0 spiro atoms. The number of nitrogens with one attached hydrogen (secondary N) is 3. The summed E-state index contributed by atoms with van der Waals surface area (Å²) in [6.45, 7) is 6.31. The monoisotopic (exact) mass is 579 g/mol. The number of carbonyl (C=O) groups excluding carboxylic acids is 2. The smallest absolute Gasteiger partial charge is 0.410 e. The highest BCUT2D eigenvalue weighted by molar-refractivity contribution is 8.00. The SMILES string of the molecule is CC(C)(C)OC(=O)N1CCc2c(sc(NC(=O)CSc3cccc(NC(=S)Nc4ccccc4)c3)c2C#N)C1. The van der Waals surface area contributed by atoms with Gasteiger partial charge < -0.3 is 25.6 Å². The zero-order valence-electron chi connectivity index (χ0n) is 21.9. The number of rotatable bonds is 6. The molecule has 1 aromatic heterocycles. The van der Waals surface area contributed by atoms with E-state index in [-0.39, 0.29) is 17.8 Å². The molecule has 0 atom stereocenters. The molecule has 11 heteroatoms. The number of hydrogen-bond acceptors (Lipinski definition) is 7. The molecule has 0 fully saturated rings. The van der Waals surface area contributed by atoms with E-state index in [0.29, 0.717) is 35.2 Å². The van der Waals surface area contributed by atoms with Crippen molar-refractivity contribution in [2.45, 2.75) is 44.2 Å². The highest BCUT2D eigenvalue weighted by Gasteiger charge is 2.30. The van der Waals surface area contributed by atoms with Crippen LogP contribution in [0.1, 0.15) is 36.8 Å². The second-order valence-corrected chi connectivity index (χ2v) is 12.3. The number of nitriles is 1. The third-order valence-electron chi connectivity index (χ3n) is 5.57. The molecule has 3 N–H and O–H groups in total. The number of thioether (sulfide) groups is 1. The van der Waals surface area contributed by atoms with E-state index >= 15 is 0 Å². The fraction of sp³-hybridized carbons (Fsp3) is 0.286. The number of amides is 2. The molecule has 202 valence electrons. The number of anilines is 3. The Labute approximate surface area is 241 Å². The Morgan fingerprint density at radius 2 is 1.82 bits per heavy atom. The third-order valence-corrected chi connectivity index (χ3v) is 7.90. The number of thiophene rings is 1. The van der Waals surface area contributed by atoms with E-state index < -0.39 is 5.60 Å². The standard InChI is InChI=1S/C28H29N5O3S3/c1-28(2,3)36-27(35)33-13-12-21-22(15-29)25(39-23(21)16-33)32-24(34)17-38-20-11-7-10-19(14-20)31-26(37)30-18-8-5-4-6-9-18/h4-11,14H,12-13,16-17H2,1-3H3,(H,32,34)(H2,30,31,37). The summed E-state index contributed by atoms with van der Waals surface area (Å²) in [5.41, 5.74) is 2.48. The van der Waals surface area contributed by atoms with Crippen LogP contribution in [0.3, 0.4) is 0 Å². The van der Waals surface area contributed by atoms with Gasteiger partial charge in [-0.05, 0) is 75.3 Å². The minimum Gasteiger partial charge on any atom is -0.444 e. The van der Waals surface area contributed by atoms with E-state index in [9.17, 15) is 14.9 Å². The number of thiocarbonyl (C=S) groups is 1. The number of ether oxygens (including phenoxy) is 1. The van der Waals surface area contributed by atoms with Crippen LogP contribution >= 0.6 is 35.3 Å². The summed E-state index contributed by atoms with van der Waals surface area (Å²) in [7, 11) is 0. The summed E-state index contributed by atoms with van der Waals surface area (Å²) in [5.74, 6) is -0.0353. The van der Waals surface area contributed by atoms with Crippen LogP contribution in [-0.2, 0) is 22.5 Å². The van der Waals surface area contributed by atoms with Crippen LogP contribution in [0, 0.1) is 11.3 Å². The van der Waals surface area contributed by atoms with Crippen molar-refractivity contribution in [3.63, 3.8) is 0 Å². The maximum Gasteiger partial charge on any atom is 0.410 e. The van der Waals surface area contributed by atoms with Crippen LogP contribution in [0.4, 0.5) is 21.2 Å². The van der Waals surface area contributed by atoms with Crippen molar-refractivity contribution in [2.75, 3.05) is 28.2 Å². The van der Waals surface area contributed by atoms with Crippen molar-refractivity contribution >= 4 is 68.8 Å². The largest absolute Gasteiger partial charge is 0.444 e. The Hall–Kier alpha value is -3.59. The van der Waals surface area contributed by atoms with Crippen LogP contribution in [-0.4, -0.2) is 39.9 Å². The Bertz CT molecular complexity index is 1410. The normalized spacial score (nSPS) is 12.6. The maximum atomic E-state index is 12.8. The highest BCUT2D eigenvalue weighted by atomic mass is 32.2. The van der Waals surface area contributed by atoms with Gasteiger partial charge in [0.15, 0.2) is 5.11 Å². The van der Waals surface area contributed by atoms with E-state index in [1.165, 1.54) is 23.1 Å². The quantitative estimate of drug-likeness (QED) is 0.226. The minimum atomic E-state index is -0.581. The molecule has 4 rings (SSSR count). The summed E-state index contributed by atoms with van der Waals surface area (Å²) in [5, 5.41) is 20.0. The van der Waals surface area contributed by atoms with Gasteiger partial charge in [-0.25, -0.2) is 4.79 Å². The number of fused-ring (bicyclic) bond motifs is 1. The van der Waals surface area contributed by atoms with Gasteiger partial charge in [0.25, 0.3) is 0 Å². The lowest BCUT2D eigenvalue weighted by atomic mass is 10.0. The summed E-state index contributed by atoms with van der Waals surface area (Å²) in [6.07, 6.45) is 0.162. The van der Waals surface area contributed by atoms with Gasteiger partial charge in [-0.15, -0.1) is 23.1 Å². The van der Waals surface area contributed by atoms with Crippen LogP contribution in [0.5, 0.6) is 0 Å². The molecule has 2 amide bonds. The van der Waals surface area contributed by atoms with Gasteiger partial charge in [-0.1, -0.05) is 24.3 Å². The lowest BCUT2D eigenvalue weighted by Crippen LogP contribution is -2.39. The molecule has 0 bridgehead atoms. The van der Waals surface area contributed by atoms with E-state index in [2.05, 4.69) is 22.0 Å². The van der Waals surface area contributed by atoms with Crippen LogP contribution in [0.25, 0.3) is 0 Å². The van der Waals surface area contributed by atoms with Gasteiger partial charge in [0.2, 0.25) is 5.91 Å². The van der Waals surface area contributed by atoms with Gasteiger partial charge in [0.05, 0.1) is 17.9 Å². The lowest BCUT2D eigenvalue weighted by Gasteiger charge is -2.29. The Kier molecular flexibility index (Phi) is 9.12. The highest BCUT2D eigenvalue weighted by Crippen LogP contribution is 2.37. The second kappa shape index (κ2) is 12.5. The topological polar surface area (TPSA) is 106 Å². The van der Waals surface area contributed by atoms with Gasteiger partial charge >= 0.3 is 6.09 Å². The first-order chi connectivity index (χ1) is 18.6. The van der Waals surface area contributed by atoms with E-state index in [1.807, 2.05) is 75.4 Å². The molecule has 2 heterocycles. The van der Waals surface area contributed by atoms with Crippen LogP contribution < -0.4 is 16.0 Å². The van der Waals surface area contributed by atoms with Gasteiger partial charge in [-0.2, -0.15) is 5.26 Å². The number of hydrogen-bond donors (Lipinski definition) is 3. The molecule has 3 aromatic rings. The van der Waals surface area contributed by atoms with Crippen molar-refractivity contribution in [3.8, 4) is 6.07 Å². The van der Waals surface area contributed by atoms with Crippen molar-refractivity contribution in [1.82, 2.24) is 4.90 Å². The Morgan fingerprint density at radius 1 is 1.10 bits per heavy atom. The third kappa shape index (κ3) is 7.95. The molecule has 1 aliphatic heterocycles. The number of para-hydroxylation sites is 1. The van der Waals surface area contributed by atoms with Crippen molar-refractivity contribution < 1.29 is 14.3 Å². The number of nitrogens with zero attached hydrogens (tertiary/aromatic N) is 2. The van der Waals surface area contributed by atoms with E-state index in [1.54, 1.807) is 4.90 Å². The molecule has 8 nitrogen and oxygen atoms in total. The molecule has 2 aromatic carbocycles. The maximum absolute atomic E-state index is 12.8. The van der Waals surface area contributed by atoms with Crippen LogP contribution in [0.15, 0.2) is 59.5 Å². The molecule has 0 radical (unpaired) electrons. The lowest BCUT2D eigenvalue weighted by molar-refractivity contribution is -0.113. The summed E-state index contributed by atoms with van der Waals surface area (Å²) < 4.78 is 5.49. The van der Waals surface area contributed by atoms with Gasteiger partial charge in [0, 0.05) is 27.7 Å². The van der Waals surface area contributed by atoms with Crippen LogP contribution in [0.2, 0.25) is 0 Å². The zero-order valence-corrected chi connectivity index (χ0v) is 24.3. The average molecular weight is 580 g/mol. The van der Waals surface area contributed by atoms with E-state index in [0.717, 1.165) is 26.7 Å². The molecular formula is C28H29N5O3S3. The fourth-order valence-corrected chi connectivity index (χ4v) is 6.10. The molecule has 0 saturated heterocycles. The summed E-state index contributed by atoms with van der Waals surface area (Å²) in [4.78, 5) is 28.7. The Balaban J connectivity index is 1.33. The minimum absolute atomic E-state index is 0.174. The van der Waals surface area contributed by atoms with Gasteiger partial charge in [0.1, 0.15) is 16.7 Å². The predicted octanol–water partition coefficient (Wildman–Crippen LogP) is 6.45. The molecule has 0 unspecified atom stereocenters. The molecule has 1 aliphatic rings. The fourth-order valence-electron chi connectivity index (χ4n) is 3.88. The average Bonchev–Trinajstić information content (AvgIpc) is 3.23. The first-order valence-electron chi connectivity index (χ1n) is 12.3. The first kappa shape index (κ1) is 28.4. The van der Waals surface area contributed by atoms with Crippen molar-refractivity contribution in [1.29, 1.82) is 5.26 Å².